The van der Waals surface area contributed by atoms with Crippen molar-refractivity contribution in [1.82, 2.24) is 20.1 Å². The summed E-state index contributed by atoms with van der Waals surface area (Å²) in [6.07, 6.45) is 2.45. The lowest BCUT2D eigenvalue weighted by Crippen LogP contribution is -2.64. The van der Waals surface area contributed by atoms with Gasteiger partial charge >= 0.3 is 6.03 Å². The summed E-state index contributed by atoms with van der Waals surface area (Å²) in [5.41, 5.74) is 3.46. The largest absolute Gasteiger partial charge is 0.338 e. The number of hydrogen-bond acceptors (Lipinski definition) is 6. The van der Waals surface area contributed by atoms with Crippen LogP contribution in [0.4, 0.5) is 4.79 Å². The monoisotopic (exact) mass is 442 g/mol. The van der Waals surface area contributed by atoms with Crippen molar-refractivity contribution in [2.75, 3.05) is 20.6 Å². The molecule has 0 aliphatic carbocycles. The van der Waals surface area contributed by atoms with Crippen LogP contribution in [0.1, 0.15) is 5.56 Å². The first-order valence-electron chi connectivity index (χ1n) is 10.5. The maximum absolute atomic E-state index is 12.6. The Morgan fingerprint density at radius 2 is 1.70 bits per heavy atom. The van der Waals surface area contributed by atoms with Crippen LogP contribution in [-0.4, -0.2) is 77.9 Å². The average molecular weight is 442 g/mol. The van der Waals surface area contributed by atoms with E-state index in [2.05, 4.69) is 21.6 Å². The van der Waals surface area contributed by atoms with E-state index in [-0.39, 0.29) is 12.5 Å². The lowest BCUT2D eigenvalue weighted by atomic mass is 9.97. The number of hydrazone groups is 1. The van der Waals surface area contributed by atoms with Gasteiger partial charge in [-0.1, -0.05) is 48.5 Å². The molecule has 1 saturated heterocycles. The zero-order valence-electron chi connectivity index (χ0n) is 18.2. The Balaban J connectivity index is 1.34. The van der Waals surface area contributed by atoms with Gasteiger partial charge in [0, 0.05) is 19.7 Å². The summed E-state index contributed by atoms with van der Waals surface area (Å²) in [4.78, 5) is 45.5. The highest BCUT2D eigenvalue weighted by Crippen LogP contribution is 2.27. The SMILES string of the molecule is CN1C(=O)C2C(N=CN2CC(=O)N/N=C/c2c3ccccc3cc3ccccc23)N(C)C1=O. The van der Waals surface area contributed by atoms with Crippen LogP contribution in [0.3, 0.4) is 0 Å². The van der Waals surface area contributed by atoms with E-state index in [1.807, 2.05) is 48.5 Å². The first kappa shape index (κ1) is 20.6. The third kappa shape index (κ3) is 3.47. The van der Waals surface area contributed by atoms with Crippen molar-refractivity contribution in [1.29, 1.82) is 0 Å². The van der Waals surface area contributed by atoms with Crippen molar-refractivity contribution in [3.63, 3.8) is 0 Å². The summed E-state index contributed by atoms with van der Waals surface area (Å²) in [6, 6.07) is 17.0. The number of aliphatic imine (C=N–C) groups is 1. The second-order valence-corrected chi connectivity index (χ2v) is 8.11. The Kier molecular flexibility index (Phi) is 5.01. The van der Waals surface area contributed by atoms with E-state index in [4.69, 9.17) is 0 Å². The van der Waals surface area contributed by atoms with E-state index < -0.39 is 24.1 Å². The molecule has 5 rings (SSSR count). The Morgan fingerprint density at radius 1 is 1.06 bits per heavy atom. The first-order valence-corrected chi connectivity index (χ1v) is 10.5. The summed E-state index contributed by atoms with van der Waals surface area (Å²) in [5, 5.41) is 8.43. The van der Waals surface area contributed by atoms with Crippen molar-refractivity contribution in [3.8, 4) is 0 Å². The molecule has 0 bridgehead atoms. The second-order valence-electron chi connectivity index (χ2n) is 8.11. The third-order valence-corrected chi connectivity index (χ3v) is 6.10. The molecule has 3 aromatic carbocycles. The highest BCUT2D eigenvalue weighted by Gasteiger charge is 2.48. The highest BCUT2D eigenvalue weighted by molar-refractivity contribution is 6.13. The van der Waals surface area contributed by atoms with Gasteiger partial charge < -0.3 is 9.80 Å². The summed E-state index contributed by atoms with van der Waals surface area (Å²) in [6.45, 7) is -0.111. The number of hydrogen-bond donors (Lipinski definition) is 1. The predicted octanol–water partition coefficient (Wildman–Crippen LogP) is 2.01. The van der Waals surface area contributed by atoms with E-state index >= 15 is 0 Å². The van der Waals surface area contributed by atoms with Gasteiger partial charge in [-0.25, -0.2) is 15.2 Å². The third-order valence-electron chi connectivity index (χ3n) is 6.10. The molecular formula is C24H22N6O3. The van der Waals surface area contributed by atoms with Crippen molar-refractivity contribution in [3.05, 3.63) is 60.2 Å². The number of carbonyl (C=O) groups excluding carboxylic acids is 3. The summed E-state index contributed by atoms with van der Waals surface area (Å²) in [5.74, 6) is -0.781. The molecule has 2 aliphatic rings. The van der Waals surface area contributed by atoms with Gasteiger partial charge in [0.2, 0.25) is 0 Å². The van der Waals surface area contributed by atoms with Crippen LogP contribution in [0.5, 0.6) is 0 Å². The number of benzene rings is 3. The van der Waals surface area contributed by atoms with Crippen molar-refractivity contribution in [2.45, 2.75) is 12.2 Å². The smallest absolute Gasteiger partial charge is 0.328 e. The average Bonchev–Trinajstić information content (AvgIpc) is 3.24. The van der Waals surface area contributed by atoms with Gasteiger partial charge in [-0.2, -0.15) is 5.10 Å². The molecule has 9 heteroatoms. The number of nitrogens with zero attached hydrogens (tertiary/aromatic N) is 5. The second kappa shape index (κ2) is 8.01. The summed E-state index contributed by atoms with van der Waals surface area (Å²) >= 11 is 0. The Morgan fingerprint density at radius 3 is 2.36 bits per heavy atom. The van der Waals surface area contributed by atoms with Gasteiger partial charge in [-0.3, -0.25) is 14.5 Å². The van der Waals surface area contributed by atoms with Crippen LogP contribution >= 0.6 is 0 Å². The zero-order chi connectivity index (χ0) is 23.1. The minimum atomic E-state index is -0.727. The van der Waals surface area contributed by atoms with Crippen LogP contribution in [0.25, 0.3) is 21.5 Å². The molecule has 166 valence electrons. The molecule has 0 spiro atoms. The van der Waals surface area contributed by atoms with Gasteiger partial charge in [-0.15, -0.1) is 0 Å². The number of fused-ring (bicyclic) bond motifs is 3. The molecule has 3 aromatic rings. The van der Waals surface area contributed by atoms with Crippen LogP contribution in [0.2, 0.25) is 0 Å². The molecule has 1 fully saturated rings. The van der Waals surface area contributed by atoms with Gasteiger partial charge in [0.1, 0.15) is 6.54 Å². The molecule has 2 heterocycles. The molecule has 2 unspecified atom stereocenters. The molecule has 0 radical (unpaired) electrons. The summed E-state index contributed by atoms with van der Waals surface area (Å²) < 4.78 is 0. The van der Waals surface area contributed by atoms with Crippen LogP contribution < -0.4 is 5.43 Å². The molecule has 2 atom stereocenters. The Bertz CT molecular complexity index is 1300. The number of amides is 4. The molecule has 2 aliphatic heterocycles. The maximum Gasteiger partial charge on any atom is 0.328 e. The van der Waals surface area contributed by atoms with E-state index in [0.29, 0.717) is 0 Å². The topological polar surface area (TPSA) is 97.7 Å². The molecule has 9 nitrogen and oxygen atoms in total. The first-order chi connectivity index (χ1) is 16.0. The van der Waals surface area contributed by atoms with E-state index in [1.165, 1.54) is 23.2 Å². The normalized spacial score (nSPS) is 20.4. The van der Waals surface area contributed by atoms with Gasteiger partial charge in [0.25, 0.3) is 11.8 Å². The molecule has 1 N–H and O–H groups in total. The standard InChI is InChI=1S/C24H22N6O3/c1-28-22-21(23(32)29(2)24(28)33)30(14-25-22)13-20(31)27-26-12-19-17-9-5-3-7-15(17)11-16-8-4-6-10-18(16)19/h3-12,14,21-22H,13H2,1-2H3,(H,27,31)/b26-12+. The Labute approximate surface area is 190 Å². The lowest BCUT2D eigenvalue weighted by Gasteiger charge is -2.39. The van der Waals surface area contributed by atoms with Gasteiger partial charge in [0.05, 0.1) is 12.6 Å². The van der Waals surface area contributed by atoms with E-state index in [1.54, 1.807) is 13.3 Å². The highest BCUT2D eigenvalue weighted by atomic mass is 16.2. The van der Waals surface area contributed by atoms with Gasteiger partial charge in [-0.05, 0) is 27.6 Å². The number of urea groups is 1. The number of rotatable bonds is 4. The van der Waals surface area contributed by atoms with Crippen molar-refractivity contribution >= 4 is 51.9 Å². The fourth-order valence-electron chi connectivity index (χ4n) is 4.40. The quantitative estimate of drug-likeness (QED) is 0.380. The van der Waals surface area contributed by atoms with Crippen LogP contribution in [0, 0.1) is 0 Å². The van der Waals surface area contributed by atoms with Crippen LogP contribution in [-0.2, 0) is 9.59 Å². The fraction of sp³-hybridized carbons (Fsp3) is 0.208. The number of nitrogens with one attached hydrogen (secondary N) is 1. The molecule has 4 amide bonds. The van der Waals surface area contributed by atoms with Gasteiger partial charge in [0.15, 0.2) is 12.2 Å². The molecule has 0 saturated carbocycles. The predicted molar refractivity (Wildman–Crippen MR) is 126 cm³/mol. The van der Waals surface area contributed by atoms with Crippen molar-refractivity contribution in [2.24, 2.45) is 10.1 Å². The maximum atomic E-state index is 12.6. The van der Waals surface area contributed by atoms with Crippen LogP contribution in [0.15, 0.2) is 64.7 Å². The zero-order valence-corrected chi connectivity index (χ0v) is 18.2. The molecule has 33 heavy (non-hydrogen) atoms. The molecule has 0 aromatic heterocycles. The number of carbonyl (C=O) groups is 3. The number of likely N-dealkylation sites (N-methyl/N-ethyl adjacent to an activating group) is 2. The minimum Gasteiger partial charge on any atom is -0.338 e. The van der Waals surface area contributed by atoms with E-state index in [0.717, 1.165) is 32.0 Å². The molecular weight excluding hydrogens is 420 g/mol. The fourth-order valence-corrected chi connectivity index (χ4v) is 4.40. The lowest BCUT2D eigenvalue weighted by molar-refractivity contribution is -0.136. The summed E-state index contributed by atoms with van der Waals surface area (Å²) in [7, 11) is 3.01. The van der Waals surface area contributed by atoms with E-state index in [9.17, 15) is 14.4 Å². The minimum absolute atomic E-state index is 0.111. The number of imide groups is 1. The Hall–Kier alpha value is -4.27. The van der Waals surface area contributed by atoms with Crippen molar-refractivity contribution < 1.29 is 14.4 Å².